The van der Waals surface area contributed by atoms with Crippen LogP contribution in [-0.2, 0) is 11.3 Å². The first-order chi connectivity index (χ1) is 14.4. The molecule has 1 spiro atoms. The van der Waals surface area contributed by atoms with E-state index in [0.717, 1.165) is 37.2 Å². The number of benzene rings is 2. The SMILES string of the molecule is CC1Oc2ccc(Cl)cc2COC12CCN(CC(O)COc1ccc(F)cc1)CC2.Cl. The van der Waals surface area contributed by atoms with Gasteiger partial charge in [-0.25, -0.2) is 4.39 Å². The molecule has 0 bridgehead atoms. The van der Waals surface area contributed by atoms with Crippen LogP contribution in [0.5, 0.6) is 11.5 Å². The van der Waals surface area contributed by atoms with Crippen molar-refractivity contribution in [3.63, 3.8) is 0 Å². The van der Waals surface area contributed by atoms with Gasteiger partial charge in [0.2, 0.25) is 0 Å². The lowest BCUT2D eigenvalue weighted by molar-refractivity contribution is -0.138. The lowest BCUT2D eigenvalue weighted by atomic mass is 9.86. The Balaban J connectivity index is 0.00000272. The number of aliphatic hydroxyl groups excluding tert-OH is 1. The lowest BCUT2D eigenvalue weighted by Gasteiger charge is -2.44. The molecule has 0 amide bonds. The van der Waals surface area contributed by atoms with Crippen molar-refractivity contribution >= 4 is 24.0 Å². The second-order valence-corrected chi connectivity index (χ2v) is 8.52. The third kappa shape index (κ3) is 5.82. The second-order valence-electron chi connectivity index (χ2n) is 8.08. The monoisotopic (exact) mass is 471 g/mol. The number of hydrogen-bond acceptors (Lipinski definition) is 5. The molecule has 2 atom stereocenters. The van der Waals surface area contributed by atoms with Crippen molar-refractivity contribution in [2.45, 2.75) is 44.2 Å². The molecule has 170 valence electrons. The lowest BCUT2D eigenvalue weighted by Crippen LogP contribution is -2.54. The standard InChI is InChI=1S/C23H27ClFNO4.ClH/c1-16-23(29-14-17-12-18(24)2-7-22(17)30-16)8-10-26(11-9-23)13-20(27)15-28-21-5-3-19(25)4-6-21;/h2-7,12,16,20,27H,8-11,13-15H2,1H3;1H. The minimum Gasteiger partial charge on any atom is -0.491 e. The largest absolute Gasteiger partial charge is 0.491 e. The number of rotatable bonds is 5. The van der Waals surface area contributed by atoms with Crippen LogP contribution in [0.3, 0.4) is 0 Å². The minimum absolute atomic E-state index is 0. The number of ether oxygens (including phenoxy) is 3. The van der Waals surface area contributed by atoms with E-state index in [1.54, 1.807) is 12.1 Å². The number of fused-ring (bicyclic) bond motifs is 1. The van der Waals surface area contributed by atoms with Crippen LogP contribution < -0.4 is 9.47 Å². The summed E-state index contributed by atoms with van der Waals surface area (Å²) < 4.78 is 31.1. The Kier molecular flexibility index (Phi) is 8.05. The highest BCUT2D eigenvalue weighted by molar-refractivity contribution is 6.30. The fourth-order valence-electron chi connectivity index (χ4n) is 4.15. The van der Waals surface area contributed by atoms with E-state index in [0.29, 0.717) is 23.9 Å². The molecule has 0 saturated carbocycles. The van der Waals surface area contributed by atoms with Gasteiger partial charge in [0, 0.05) is 30.2 Å². The fourth-order valence-corrected chi connectivity index (χ4v) is 4.35. The van der Waals surface area contributed by atoms with Crippen molar-refractivity contribution in [2.24, 2.45) is 0 Å². The Morgan fingerprint density at radius 3 is 2.65 bits per heavy atom. The molecule has 2 heterocycles. The normalized spacial score (nSPS) is 21.4. The van der Waals surface area contributed by atoms with Crippen LogP contribution in [0.4, 0.5) is 4.39 Å². The molecule has 2 aromatic carbocycles. The summed E-state index contributed by atoms with van der Waals surface area (Å²) in [6, 6.07) is 11.4. The van der Waals surface area contributed by atoms with Gasteiger partial charge in [-0.2, -0.15) is 0 Å². The number of β-amino-alcohol motifs (C(OH)–C–C–N with tert-alkyl or cyclic N) is 1. The molecule has 0 aliphatic carbocycles. The minimum atomic E-state index is -0.626. The fraction of sp³-hybridized carbons (Fsp3) is 0.478. The molecule has 1 fully saturated rings. The summed E-state index contributed by atoms with van der Waals surface area (Å²) in [6.07, 6.45) is 0.941. The van der Waals surface area contributed by atoms with E-state index in [1.807, 2.05) is 18.2 Å². The number of nitrogens with zero attached hydrogens (tertiary/aromatic N) is 1. The van der Waals surface area contributed by atoms with Gasteiger partial charge in [0.05, 0.1) is 6.61 Å². The highest BCUT2D eigenvalue weighted by Crippen LogP contribution is 2.38. The van der Waals surface area contributed by atoms with Gasteiger partial charge >= 0.3 is 0 Å². The molecule has 0 radical (unpaired) electrons. The highest BCUT2D eigenvalue weighted by Gasteiger charge is 2.44. The van der Waals surface area contributed by atoms with Gasteiger partial charge < -0.3 is 24.2 Å². The molecule has 8 heteroatoms. The summed E-state index contributed by atoms with van der Waals surface area (Å²) >= 11 is 6.11. The molecular weight excluding hydrogens is 444 g/mol. The Labute approximate surface area is 193 Å². The second kappa shape index (κ2) is 10.4. The van der Waals surface area contributed by atoms with E-state index in [9.17, 15) is 9.50 Å². The van der Waals surface area contributed by atoms with Gasteiger partial charge in [-0.15, -0.1) is 12.4 Å². The number of hydrogen-bond donors (Lipinski definition) is 1. The Morgan fingerprint density at radius 2 is 1.94 bits per heavy atom. The quantitative estimate of drug-likeness (QED) is 0.696. The van der Waals surface area contributed by atoms with Crippen LogP contribution in [0, 0.1) is 5.82 Å². The predicted molar refractivity (Wildman–Crippen MR) is 120 cm³/mol. The van der Waals surface area contributed by atoms with Gasteiger partial charge in [-0.05, 0) is 62.2 Å². The van der Waals surface area contributed by atoms with Crippen molar-refractivity contribution < 1.29 is 23.7 Å². The summed E-state index contributed by atoms with van der Waals surface area (Å²) in [6.45, 7) is 4.83. The van der Waals surface area contributed by atoms with E-state index in [1.165, 1.54) is 12.1 Å². The topological polar surface area (TPSA) is 51.2 Å². The molecule has 1 saturated heterocycles. The summed E-state index contributed by atoms with van der Waals surface area (Å²) in [5.74, 6) is 1.07. The molecule has 1 N–H and O–H groups in total. The number of halogens is 3. The molecular formula is C23H28Cl2FNO4. The van der Waals surface area contributed by atoms with Crippen LogP contribution in [-0.4, -0.2) is 54.1 Å². The maximum Gasteiger partial charge on any atom is 0.125 e. The third-order valence-corrected chi connectivity index (χ3v) is 6.24. The van der Waals surface area contributed by atoms with Crippen LogP contribution in [0.15, 0.2) is 42.5 Å². The van der Waals surface area contributed by atoms with Gasteiger partial charge in [-0.1, -0.05) is 11.6 Å². The van der Waals surface area contributed by atoms with Crippen molar-refractivity contribution in [1.29, 1.82) is 0 Å². The summed E-state index contributed by atoms with van der Waals surface area (Å²) in [7, 11) is 0. The Morgan fingerprint density at radius 1 is 1.23 bits per heavy atom. The molecule has 0 aromatic heterocycles. The molecule has 2 aliphatic rings. The predicted octanol–water partition coefficient (Wildman–Crippen LogP) is 4.47. The molecule has 4 rings (SSSR count). The van der Waals surface area contributed by atoms with Crippen molar-refractivity contribution in [2.75, 3.05) is 26.2 Å². The molecule has 2 aromatic rings. The number of aliphatic hydroxyl groups is 1. The first kappa shape index (κ1) is 24.1. The van der Waals surface area contributed by atoms with E-state index < -0.39 is 6.10 Å². The van der Waals surface area contributed by atoms with Crippen molar-refractivity contribution in [3.05, 3.63) is 58.9 Å². The maximum atomic E-state index is 13.0. The van der Waals surface area contributed by atoms with E-state index in [2.05, 4.69) is 11.8 Å². The number of piperidine rings is 1. The summed E-state index contributed by atoms with van der Waals surface area (Å²) in [5.41, 5.74) is 0.624. The van der Waals surface area contributed by atoms with Crippen molar-refractivity contribution in [3.8, 4) is 11.5 Å². The van der Waals surface area contributed by atoms with E-state index in [-0.39, 0.29) is 36.5 Å². The highest BCUT2D eigenvalue weighted by atomic mass is 35.5. The summed E-state index contributed by atoms with van der Waals surface area (Å²) in [4.78, 5) is 2.22. The smallest absolute Gasteiger partial charge is 0.125 e. The van der Waals surface area contributed by atoms with Gasteiger partial charge in [-0.3, -0.25) is 0 Å². The number of likely N-dealkylation sites (tertiary alicyclic amines) is 1. The average Bonchev–Trinajstić information content (AvgIpc) is 2.86. The van der Waals surface area contributed by atoms with Crippen LogP contribution >= 0.6 is 24.0 Å². The van der Waals surface area contributed by atoms with Crippen LogP contribution in [0.1, 0.15) is 25.3 Å². The maximum absolute atomic E-state index is 13.0. The van der Waals surface area contributed by atoms with E-state index >= 15 is 0 Å². The van der Waals surface area contributed by atoms with Crippen LogP contribution in [0.25, 0.3) is 0 Å². The van der Waals surface area contributed by atoms with Gasteiger partial charge in [0.25, 0.3) is 0 Å². The van der Waals surface area contributed by atoms with E-state index in [4.69, 9.17) is 25.8 Å². The first-order valence-electron chi connectivity index (χ1n) is 10.3. The Bertz CT molecular complexity index is 859. The molecule has 31 heavy (non-hydrogen) atoms. The molecule has 2 unspecified atom stereocenters. The third-order valence-electron chi connectivity index (χ3n) is 6.01. The molecule has 2 aliphatic heterocycles. The van der Waals surface area contributed by atoms with Crippen LogP contribution in [0.2, 0.25) is 5.02 Å². The Hall–Kier alpha value is -1.57. The zero-order valence-electron chi connectivity index (χ0n) is 17.4. The summed E-state index contributed by atoms with van der Waals surface area (Å²) in [5, 5.41) is 11.0. The average molecular weight is 472 g/mol. The van der Waals surface area contributed by atoms with Crippen molar-refractivity contribution in [1.82, 2.24) is 4.90 Å². The zero-order chi connectivity index (χ0) is 21.1. The first-order valence-corrected chi connectivity index (χ1v) is 10.7. The van der Waals surface area contributed by atoms with Gasteiger partial charge in [0.1, 0.15) is 41.7 Å². The van der Waals surface area contributed by atoms with Gasteiger partial charge in [0.15, 0.2) is 0 Å². The zero-order valence-corrected chi connectivity index (χ0v) is 19.0. The molecule has 5 nitrogen and oxygen atoms in total.